The molecule has 0 radical (unpaired) electrons. The fraction of sp³-hybridized carbons (Fsp3) is 0.538. The number of anilines is 1. The number of likely N-dealkylation sites (tertiary alicyclic amines) is 1. The van der Waals surface area contributed by atoms with Crippen molar-refractivity contribution in [3.63, 3.8) is 0 Å². The first-order chi connectivity index (χ1) is 10.0. The minimum Gasteiger partial charge on any atom is -0.480 e. The molecule has 0 aliphatic carbocycles. The maximum absolute atomic E-state index is 11.9. The highest BCUT2D eigenvalue weighted by atomic mass is 16.4. The number of carbonyl (C=O) groups is 3. The van der Waals surface area contributed by atoms with Crippen molar-refractivity contribution < 1.29 is 19.5 Å². The lowest BCUT2D eigenvalue weighted by molar-refractivity contribution is -0.138. The van der Waals surface area contributed by atoms with Crippen LogP contribution in [0.25, 0.3) is 0 Å². The summed E-state index contributed by atoms with van der Waals surface area (Å²) in [5.41, 5.74) is 0. The predicted octanol–water partition coefficient (Wildman–Crippen LogP) is 0.309. The minimum absolute atomic E-state index is 0.000874. The molecule has 2 N–H and O–H groups in total. The Bertz CT molecular complexity index is 540. The zero-order valence-electron chi connectivity index (χ0n) is 11.6. The van der Waals surface area contributed by atoms with E-state index in [9.17, 15) is 14.4 Å². The van der Waals surface area contributed by atoms with Gasteiger partial charge in [-0.25, -0.2) is 0 Å². The fourth-order valence-electron chi connectivity index (χ4n) is 2.22. The highest BCUT2D eigenvalue weighted by Crippen LogP contribution is 2.11. The van der Waals surface area contributed by atoms with Gasteiger partial charge in [0, 0.05) is 25.2 Å². The van der Waals surface area contributed by atoms with Crippen molar-refractivity contribution in [1.29, 1.82) is 0 Å². The predicted molar refractivity (Wildman–Crippen MR) is 73.5 cm³/mol. The second-order valence-corrected chi connectivity index (χ2v) is 4.97. The second kappa shape index (κ2) is 6.87. The summed E-state index contributed by atoms with van der Waals surface area (Å²) in [6.07, 6.45) is 4.74. The summed E-state index contributed by atoms with van der Waals surface area (Å²) < 4.78 is 1.22. The molecule has 114 valence electrons. The monoisotopic (exact) mass is 294 g/mol. The van der Waals surface area contributed by atoms with E-state index in [2.05, 4.69) is 10.4 Å². The Balaban J connectivity index is 1.87. The number of aliphatic carboxylic acids is 1. The zero-order valence-corrected chi connectivity index (χ0v) is 11.6. The lowest BCUT2D eigenvalue weighted by Gasteiger charge is -2.19. The first kappa shape index (κ1) is 15.0. The number of carboxylic acid groups (broad SMARTS) is 1. The summed E-state index contributed by atoms with van der Waals surface area (Å²) in [7, 11) is 0. The summed E-state index contributed by atoms with van der Waals surface area (Å²) in [6, 6.07) is 1.52. The van der Waals surface area contributed by atoms with Gasteiger partial charge in [-0.2, -0.15) is 5.10 Å². The van der Waals surface area contributed by atoms with E-state index in [0.29, 0.717) is 13.0 Å². The van der Waals surface area contributed by atoms with Crippen LogP contribution in [0.5, 0.6) is 0 Å². The maximum atomic E-state index is 11.9. The van der Waals surface area contributed by atoms with Gasteiger partial charge in [-0.15, -0.1) is 0 Å². The quantitative estimate of drug-likeness (QED) is 0.813. The average Bonchev–Trinajstić information content (AvgIpc) is 2.72. The summed E-state index contributed by atoms with van der Waals surface area (Å²) in [6.45, 7) is 0.338. The van der Waals surface area contributed by atoms with Gasteiger partial charge in [-0.1, -0.05) is 6.42 Å². The van der Waals surface area contributed by atoms with Crippen LogP contribution in [-0.4, -0.2) is 50.7 Å². The van der Waals surface area contributed by atoms with E-state index in [1.165, 1.54) is 16.9 Å². The third-order valence-electron chi connectivity index (χ3n) is 3.21. The normalized spacial score (nSPS) is 15.6. The number of carbonyl (C=O) groups excluding carboxylic acids is 2. The third-order valence-corrected chi connectivity index (χ3v) is 3.21. The van der Waals surface area contributed by atoms with Crippen LogP contribution in [-0.2, 0) is 20.9 Å². The van der Waals surface area contributed by atoms with Gasteiger partial charge in [-0.05, 0) is 12.8 Å². The van der Waals surface area contributed by atoms with Crippen LogP contribution < -0.4 is 5.32 Å². The van der Waals surface area contributed by atoms with Gasteiger partial charge in [0.15, 0.2) is 5.82 Å². The molecule has 1 aromatic heterocycles. The van der Waals surface area contributed by atoms with Gasteiger partial charge >= 0.3 is 5.97 Å². The highest BCUT2D eigenvalue weighted by molar-refractivity contribution is 5.93. The molecule has 0 unspecified atom stereocenters. The van der Waals surface area contributed by atoms with Gasteiger partial charge in [0.25, 0.3) is 0 Å². The maximum Gasteiger partial charge on any atom is 0.325 e. The lowest BCUT2D eigenvalue weighted by Crippen LogP contribution is -2.37. The molecule has 1 aliphatic rings. The van der Waals surface area contributed by atoms with Gasteiger partial charge in [0.05, 0.1) is 6.54 Å². The largest absolute Gasteiger partial charge is 0.480 e. The van der Waals surface area contributed by atoms with Crippen LogP contribution in [0, 0.1) is 0 Å². The number of carboxylic acids is 1. The Kier molecular flexibility index (Phi) is 4.91. The Hall–Kier alpha value is -2.38. The van der Waals surface area contributed by atoms with Crippen LogP contribution in [0.3, 0.4) is 0 Å². The standard InChI is InChI=1S/C13H18N4O4/c18-11(8-16-6-3-1-2-4-12(16)19)14-10-5-7-17(15-10)9-13(20)21/h5,7H,1-4,6,8-9H2,(H,20,21)(H,14,15,18). The molecule has 8 nitrogen and oxygen atoms in total. The molecule has 8 heteroatoms. The van der Waals surface area contributed by atoms with E-state index in [-0.39, 0.29) is 30.7 Å². The molecule has 0 aromatic carbocycles. The molecule has 2 amide bonds. The van der Waals surface area contributed by atoms with E-state index in [4.69, 9.17) is 5.11 Å². The summed E-state index contributed by atoms with van der Waals surface area (Å²) in [5, 5.41) is 15.1. The van der Waals surface area contributed by atoms with Gasteiger partial charge < -0.3 is 15.3 Å². The number of nitrogens with zero attached hydrogens (tertiary/aromatic N) is 3. The molecule has 2 heterocycles. The van der Waals surface area contributed by atoms with Crippen molar-refractivity contribution in [1.82, 2.24) is 14.7 Å². The molecule has 0 saturated carbocycles. The zero-order chi connectivity index (χ0) is 15.2. The third kappa shape index (κ3) is 4.59. The molecule has 0 atom stereocenters. The molecule has 1 fully saturated rings. The number of nitrogens with one attached hydrogen (secondary N) is 1. The number of aromatic nitrogens is 2. The van der Waals surface area contributed by atoms with Crippen LogP contribution in [0.1, 0.15) is 25.7 Å². The van der Waals surface area contributed by atoms with E-state index < -0.39 is 5.97 Å². The van der Waals surface area contributed by atoms with Gasteiger partial charge in [-0.3, -0.25) is 19.1 Å². The smallest absolute Gasteiger partial charge is 0.325 e. The molecule has 2 rings (SSSR count). The molecule has 0 bridgehead atoms. The molecule has 1 aromatic rings. The van der Waals surface area contributed by atoms with E-state index in [1.807, 2.05) is 0 Å². The first-order valence-corrected chi connectivity index (χ1v) is 6.87. The van der Waals surface area contributed by atoms with Crippen molar-refractivity contribution in [2.75, 3.05) is 18.4 Å². The molecular formula is C13H18N4O4. The summed E-state index contributed by atoms with van der Waals surface area (Å²) in [5.74, 6) is -1.06. The van der Waals surface area contributed by atoms with Crippen molar-refractivity contribution in [2.45, 2.75) is 32.2 Å². The number of rotatable bonds is 5. The van der Waals surface area contributed by atoms with Crippen LogP contribution in [0.4, 0.5) is 5.82 Å². The van der Waals surface area contributed by atoms with Crippen molar-refractivity contribution in [3.8, 4) is 0 Å². The van der Waals surface area contributed by atoms with E-state index in [0.717, 1.165) is 19.3 Å². The molecule has 0 spiro atoms. The average molecular weight is 294 g/mol. The first-order valence-electron chi connectivity index (χ1n) is 6.87. The Morgan fingerprint density at radius 1 is 1.29 bits per heavy atom. The Labute approximate surface area is 121 Å². The minimum atomic E-state index is -1.01. The van der Waals surface area contributed by atoms with E-state index in [1.54, 1.807) is 4.90 Å². The number of amides is 2. The Morgan fingerprint density at radius 2 is 2.10 bits per heavy atom. The number of hydrogen-bond donors (Lipinski definition) is 2. The van der Waals surface area contributed by atoms with Crippen molar-refractivity contribution in [3.05, 3.63) is 12.3 Å². The van der Waals surface area contributed by atoms with Gasteiger partial charge in [0.1, 0.15) is 6.54 Å². The van der Waals surface area contributed by atoms with Gasteiger partial charge in [0.2, 0.25) is 11.8 Å². The summed E-state index contributed by atoms with van der Waals surface area (Å²) in [4.78, 5) is 35.8. The number of hydrogen-bond acceptors (Lipinski definition) is 4. The topological polar surface area (TPSA) is 105 Å². The molecule has 1 aliphatic heterocycles. The Morgan fingerprint density at radius 3 is 2.86 bits per heavy atom. The molecule has 1 saturated heterocycles. The second-order valence-electron chi connectivity index (χ2n) is 4.97. The van der Waals surface area contributed by atoms with Crippen molar-refractivity contribution >= 4 is 23.6 Å². The van der Waals surface area contributed by atoms with Crippen molar-refractivity contribution in [2.24, 2.45) is 0 Å². The molecular weight excluding hydrogens is 276 g/mol. The van der Waals surface area contributed by atoms with Crippen LogP contribution in [0.2, 0.25) is 0 Å². The van der Waals surface area contributed by atoms with Crippen LogP contribution in [0.15, 0.2) is 12.3 Å². The SMILES string of the molecule is O=C(O)Cn1ccc(NC(=O)CN2CCCCCC2=O)n1. The highest BCUT2D eigenvalue weighted by Gasteiger charge is 2.19. The molecule has 21 heavy (non-hydrogen) atoms. The summed E-state index contributed by atoms with van der Waals surface area (Å²) >= 11 is 0. The fourth-order valence-corrected chi connectivity index (χ4v) is 2.22. The van der Waals surface area contributed by atoms with E-state index >= 15 is 0 Å². The lowest BCUT2D eigenvalue weighted by atomic mass is 10.2. The van der Waals surface area contributed by atoms with Crippen LogP contribution >= 0.6 is 0 Å².